The highest BCUT2D eigenvalue weighted by Gasteiger charge is 2.33. The molecule has 0 spiro atoms. The Hall–Kier alpha value is -2.75. The van der Waals surface area contributed by atoms with Gasteiger partial charge in [0, 0.05) is 11.1 Å². The van der Waals surface area contributed by atoms with Crippen LogP contribution >= 0.6 is 0 Å². The standard InChI is InChI=1S/C18H17F3N2O2/c1-10-13(8-15(25-10)17(2,3)4)16(24)23-12-5-6-14(18(19,20)21)11(7-12)9-22/h5-8H,1-4H3,(H,23,24). The first-order valence-corrected chi connectivity index (χ1v) is 7.47. The maximum atomic E-state index is 12.8. The maximum absolute atomic E-state index is 12.8. The van der Waals surface area contributed by atoms with E-state index in [4.69, 9.17) is 9.68 Å². The molecule has 0 saturated carbocycles. The number of hydrogen-bond donors (Lipinski definition) is 1. The van der Waals surface area contributed by atoms with Gasteiger partial charge >= 0.3 is 6.18 Å². The van der Waals surface area contributed by atoms with Gasteiger partial charge in [0.05, 0.1) is 22.8 Å². The van der Waals surface area contributed by atoms with Crippen molar-refractivity contribution in [2.24, 2.45) is 0 Å². The first-order chi connectivity index (χ1) is 11.4. The van der Waals surface area contributed by atoms with E-state index in [1.54, 1.807) is 13.0 Å². The van der Waals surface area contributed by atoms with E-state index in [1.807, 2.05) is 20.8 Å². The summed E-state index contributed by atoms with van der Waals surface area (Å²) in [5.74, 6) is 0.524. The number of anilines is 1. The number of rotatable bonds is 2. The molecular weight excluding hydrogens is 333 g/mol. The van der Waals surface area contributed by atoms with Gasteiger partial charge in [-0.3, -0.25) is 4.79 Å². The zero-order valence-electron chi connectivity index (χ0n) is 14.2. The summed E-state index contributed by atoms with van der Waals surface area (Å²) in [5, 5.41) is 11.4. The van der Waals surface area contributed by atoms with Crippen LogP contribution in [0.25, 0.3) is 0 Å². The Kier molecular flexibility index (Phi) is 4.67. The monoisotopic (exact) mass is 350 g/mol. The molecule has 0 aliphatic heterocycles. The number of nitriles is 1. The van der Waals surface area contributed by atoms with Gasteiger partial charge in [-0.05, 0) is 31.2 Å². The van der Waals surface area contributed by atoms with Gasteiger partial charge in [-0.25, -0.2) is 0 Å². The van der Waals surface area contributed by atoms with E-state index in [2.05, 4.69) is 5.32 Å². The van der Waals surface area contributed by atoms with Crippen molar-refractivity contribution in [3.63, 3.8) is 0 Å². The van der Waals surface area contributed by atoms with Crippen molar-refractivity contribution in [2.45, 2.75) is 39.3 Å². The zero-order chi connectivity index (χ0) is 19.0. The van der Waals surface area contributed by atoms with Gasteiger partial charge in [0.25, 0.3) is 5.91 Å². The molecule has 1 aromatic carbocycles. The van der Waals surface area contributed by atoms with Gasteiger partial charge in [-0.15, -0.1) is 0 Å². The summed E-state index contributed by atoms with van der Waals surface area (Å²) in [4.78, 5) is 12.4. The Labute approximate surface area is 143 Å². The third-order valence-corrected chi connectivity index (χ3v) is 3.60. The number of amides is 1. The molecule has 25 heavy (non-hydrogen) atoms. The smallest absolute Gasteiger partial charge is 0.417 e. The van der Waals surface area contributed by atoms with Gasteiger partial charge in [0.15, 0.2) is 0 Å². The fourth-order valence-electron chi connectivity index (χ4n) is 2.24. The molecule has 2 rings (SSSR count). The molecule has 1 heterocycles. The van der Waals surface area contributed by atoms with E-state index in [-0.39, 0.29) is 11.1 Å². The number of nitrogens with one attached hydrogen (secondary N) is 1. The van der Waals surface area contributed by atoms with Gasteiger partial charge < -0.3 is 9.73 Å². The number of halogens is 3. The van der Waals surface area contributed by atoms with Crippen LogP contribution in [0.1, 0.15) is 53.8 Å². The van der Waals surface area contributed by atoms with Crippen molar-refractivity contribution < 1.29 is 22.4 Å². The van der Waals surface area contributed by atoms with Crippen LogP contribution in [0.5, 0.6) is 0 Å². The molecule has 2 aromatic rings. The highest BCUT2D eigenvalue weighted by atomic mass is 19.4. The molecule has 0 fully saturated rings. The number of benzene rings is 1. The predicted molar refractivity (Wildman–Crippen MR) is 86.3 cm³/mol. The summed E-state index contributed by atoms with van der Waals surface area (Å²) >= 11 is 0. The number of hydrogen-bond acceptors (Lipinski definition) is 3. The van der Waals surface area contributed by atoms with Crippen molar-refractivity contribution in [2.75, 3.05) is 5.32 Å². The van der Waals surface area contributed by atoms with Crippen LogP contribution in [-0.2, 0) is 11.6 Å². The molecule has 7 heteroatoms. The summed E-state index contributed by atoms with van der Waals surface area (Å²) in [5.41, 5.74) is -1.48. The fourth-order valence-corrected chi connectivity index (χ4v) is 2.24. The second kappa shape index (κ2) is 6.28. The lowest BCUT2D eigenvalue weighted by molar-refractivity contribution is -0.137. The Balaban J connectivity index is 2.30. The quantitative estimate of drug-likeness (QED) is 0.826. The minimum Gasteiger partial charge on any atom is -0.465 e. The van der Waals surface area contributed by atoms with Crippen molar-refractivity contribution in [1.29, 1.82) is 5.26 Å². The van der Waals surface area contributed by atoms with E-state index < -0.39 is 23.2 Å². The average Bonchev–Trinajstić information content (AvgIpc) is 2.88. The highest BCUT2D eigenvalue weighted by Crippen LogP contribution is 2.33. The van der Waals surface area contributed by atoms with Gasteiger partial charge in [-0.2, -0.15) is 18.4 Å². The van der Waals surface area contributed by atoms with E-state index in [0.717, 1.165) is 18.2 Å². The van der Waals surface area contributed by atoms with Crippen molar-refractivity contribution in [3.05, 3.63) is 52.5 Å². The van der Waals surface area contributed by atoms with Crippen LogP contribution in [-0.4, -0.2) is 5.91 Å². The lowest BCUT2D eigenvalue weighted by Gasteiger charge is -2.13. The van der Waals surface area contributed by atoms with Gasteiger partial charge in [0.2, 0.25) is 0 Å². The molecule has 132 valence electrons. The maximum Gasteiger partial charge on any atom is 0.417 e. The lowest BCUT2D eigenvalue weighted by atomic mass is 9.93. The molecule has 0 aliphatic rings. The van der Waals surface area contributed by atoms with Gasteiger partial charge in [0.1, 0.15) is 11.5 Å². The molecule has 0 radical (unpaired) electrons. The summed E-state index contributed by atoms with van der Waals surface area (Å²) in [6.07, 6.45) is -4.63. The Morgan fingerprint density at radius 1 is 1.20 bits per heavy atom. The first kappa shape index (κ1) is 18.6. The Morgan fingerprint density at radius 2 is 1.84 bits per heavy atom. The summed E-state index contributed by atoms with van der Waals surface area (Å²) < 4.78 is 44.0. The molecule has 0 saturated heterocycles. The Morgan fingerprint density at radius 3 is 2.32 bits per heavy atom. The van der Waals surface area contributed by atoms with Crippen molar-refractivity contribution >= 4 is 11.6 Å². The lowest BCUT2D eigenvalue weighted by Crippen LogP contribution is -2.14. The largest absolute Gasteiger partial charge is 0.465 e. The third kappa shape index (κ3) is 4.02. The second-order valence-electron chi connectivity index (χ2n) is 6.65. The van der Waals surface area contributed by atoms with Crippen LogP contribution in [0.15, 0.2) is 28.7 Å². The van der Waals surface area contributed by atoms with Crippen LogP contribution in [0.3, 0.4) is 0 Å². The molecule has 1 aromatic heterocycles. The molecule has 4 nitrogen and oxygen atoms in total. The van der Waals surface area contributed by atoms with Gasteiger partial charge in [-0.1, -0.05) is 20.8 Å². The van der Waals surface area contributed by atoms with E-state index in [9.17, 15) is 18.0 Å². The van der Waals surface area contributed by atoms with Crippen molar-refractivity contribution in [1.82, 2.24) is 0 Å². The fraction of sp³-hybridized carbons (Fsp3) is 0.333. The van der Waals surface area contributed by atoms with E-state index >= 15 is 0 Å². The summed E-state index contributed by atoms with van der Waals surface area (Å²) in [7, 11) is 0. The molecular formula is C18H17F3N2O2. The van der Waals surface area contributed by atoms with E-state index in [1.165, 1.54) is 6.07 Å². The van der Waals surface area contributed by atoms with Crippen LogP contribution in [0.4, 0.5) is 18.9 Å². The normalized spacial score (nSPS) is 11.9. The second-order valence-corrected chi connectivity index (χ2v) is 6.65. The number of aryl methyl sites for hydroxylation is 1. The summed E-state index contributed by atoms with van der Waals surface area (Å²) in [6.45, 7) is 7.43. The number of furan rings is 1. The predicted octanol–water partition coefficient (Wildman–Crippen LogP) is 5.03. The third-order valence-electron chi connectivity index (χ3n) is 3.60. The molecule has 1 amide bonds. The number of carbonyl (C=O) groups is 1. The zero-order valence-corrected chi connectivity index (χ0v) is 14.2. The molecule has 0 aliphatic carbocycles. The Bertz CT molecular complexity index is 853. The number of nitrogens with zero attached hydrogens (tertiary/aromatic N) is 1. The first-order valence-electron chi connectivity index (χ1n) is 7.47. The van der Waals surface area contributed by atoms with Crippen LogP contribution < -0.4 is 5.32 Å². The average molecular weight is 350 g/mol. The highest BCUT2D eigenvalue weighted by molar-refractivity contribution is 6.05. The minimum absolute atomic E-state index is 0.104. The molecule has 0 atom stereocenters. The molecule has 0 unspecified atom stereocenters. The van der Waals surface area contributed by atoms with E-state index in [0.29, 0.717) is 17.1 Å². The van der Waals surface area contributed by atoms with Crippen LogP contribution in [0, 0.1) is 18.3 Å². The van der Waals surface area contributed by atoms with Crippen LogP contribution in [0.2, 0.25) is 0 Å². The topological polar surface area (TPSA) is 66.0 Å². The van der Waals surface area contributed by atoms with Crippen molar-refractivity contribution in [3.8, 4) is 6.07 Å². The molecule has 0 bridgehead atoms. The number of alkyl halides is 3. The number of carbonyl (C=O) groups excluding carboxylic acids is 1. The summed E-state index contributed by atoms with van der Waals surface area (Å²) in [6, 6.07) is 6.00. The SMILES string of the molecule is Cc1oc(C(C)(C)C)cc1C(=O)Nc1ccc(C(F)(F)F)c(C#N)c1. The molecule has 1 N–H and O–H groups in total. The minimum atomic E-state index is -4.63.